The van der Waals surface area contributed by atoms with Crippen molar-refractivity contribution in [3.63, 3.8) is 0 Å². The number of ether oxygens (including phenoxy) is 1. The van der Waals surface area contributed by atoms with E-state index >= 15 is 0 Å². The first-order chi connectivity index (χ1) is 8.10. The zero-order valence-corrected chi connectivity index (χ0v) is 11.1. The van der Waals surface area contributed by atoms with Gasteiger partial charge in [-0.3, -0.25) is 9.69 Å². The van der Waals surface area contributed by atoms with Crippen molar-refractivity contribution < 1.29 is 9.53 Å². The van der Waals surface area contributed by atoms with Crippen LogP contribution >= 0.6 is 0 Å². The van der Waals surface area contributed by atoms with Gasteiger partial charge in [0, 0.05) is 25.7 Å². The summed E-state index contributed by atoms with van der Waals surface area (Å²) in [4.78, 5) is 14.1. The zero-order valence-electron chi connectivity index (χ0n) is 11.1. The Hall–Kier alpha value is -0.650. The lowest BCUT2D eigenvalue weighted by Gasteiger charge is -2.40. The van der Waals surface area contributed by atoms with Gasteiger partial charge in [0.2, 0.25) is 5.91 Å². The van der Waals surface area contributed by atoms with Crippen molar-refractivity contribution in [1.82, 2.24) is 10.2 Å². The van der Waals surface area contributed by atoms with Gasteiger partial charge in [0.05, 0.1) is 18.8 Å². The summed E-state index contributed by atoms with van der Waals surface area (Å²) in [5, 5.41) is 2.93. The van der Waals surface area contributed by atoms with Crippen LogP contribution in [0, 0.1) is 0 Å². The number of hydrogen-bond donors (Lipinski definition) is 2. The molecule has 0 radical (unpaired) electrons. The SMILES string of the molecule is CCCNC(=O)C(C)N1CC(CN)OCC1C. The van der Waals surface area contributed by atoms with E-state index in [9.17, 15) is 4.79 Å². The number of rotatable bonds is 5. The first kappa shape index (κ1) is 14.4. The Morgan fingerprint density at radius 3 is 2.94 bits per heavy atom. The maximum absolute atomic E-state index is 11.9. The molecule has 0 saturated carbocycles. The third-order valence-corrected chi connectivity index (χ3v) is 3.24. The normalized spacial score (nSPS) is 27.8. The highest BCUT2D eigenvalue weighted by molar-refractivity contribution is 5.81. The average molecular weight is 243 g/mol. The van der Waals surface area contributed by atoms with E-state index in [0.717, 1.165) is 19.5 Å². The Balaban J connectivity index is 2.53. The molecule has 0 spiro atoms. The monoisotopic (exact) mass is 243 g/mol. The fourth-order valence-corrected chi connectivity index (χ4v) is 2.07. The number of carbonyl (C=O) groups is 1. The maximum Gasteiger partial charge on any atom is 0.237 e. The van der Waals surface area contributed by atoms with E-state index < -0.39 is 0 Å². The summed E-state index contributed by atoms with van der Waals surface area (Å²) in [5.41, 5.74) is 5.62. The van der Waals surface area contributed by atoms with Crippen LogP contribution in [0.15, 0.2) is 0 Å². The Morgan fingerprint density at radius 1 is 1.65 bits per heavy atom. The van der Waals surface area contributed by atoms with Crippen molar-refractivity contribution in [2.24, 2.45) is 5.73 Å². The third kappa shape index (κ3) is 3.94. The molecule has 1 amide bonds. The second kappa shape index (κ2) is 6.93. The van der Waals surface area contributed by atoms with E-state index in [0.29, 0.717) is 13.2 Å². The lowest BCUT2D eigenvalue weighted by molar-refractivity contribution is -0.132. The van der Waals surface area contributed by atoms with Crippen LogP contribution < -0.4 is 11.1 Å². The molecule has 1 saturated heterocycles. The molecule has 3 unspecified atom stereocenters. The molecule has 0 aliphatic carbocycles. The molecule has 5 nitrogen and oxygen atoms in total. The first-order valence-corrected chi connectivity index (χ1v) is 6.45. The smallest absolute Gasteiger partial charge is 0.237 e. The van der Waals surface area contributed by atoms with Crippen LogP contribution in [0.5, 0.6) is 0 Å². The van der Waals surface area contributed by atoms with E-state index in [-0.39, 0.29) is 24.1 Å². The van der Waals surface area contributed by atoms with Crippen LogP contribution in [0.2, 0.25) is 0 Å². The molecule has 0 aromatic carbocycles. The summed E-state index contributed by atoms with van der Waals surface area (Å²) in [6.07, 6.45) is 1.01. The van der Waals surface area contributed by atoms with E-state index in [4.69, 9.17) is 10.5 Å². The third-order valence-electron chi connectivity index (χ3n) is 3.24. The van der Waals surface area contributed by atoms with E-state index in [1.807, 2.05) is 13.8 Å². The number of morpholine rings is 1. The molecule has 1 heterocycles. The fraction of sp³-hybridized carbons (Fsp3) is 0.917. The lowest BCUT2D eigenvalue weighted by Crippen LogP contribution is -2.57. The second-order valence-electron chi connectivity index (χ2n) is 4.70. The Morgan fingerprint density at radius 2 is 2.35 bits per heavy atom. The van der Waals surface area contributed by atoms with Crippen LogP contribution in [0.1, 0.15) is 27.2 Å². The minimum Gasteiger partial charge on any atom is -0.374 e. The summed E-state index contributed by atoms with van der Waals surface area (Å²) in [6, 6.07) is 0.148. The predicted molar refractivity (Wildman–Crippen MR) is 67.7 cm³/mol. The molecule has 3 atom stereocenters. The molecular formula is C12H25N3O2. The summed E-state index contributed by atoms with van der Waals surface area (Å²) in [7, 11) is 0. The highest BCUT2D eigenvalue weighted by Crippen LogP contribution is 2.14. The van der Waals surface area contributed by atoms with Gasteiger partial charge in [-0.05, 0) is 20.3 Å². The van der Waals surface area contributed by atoms with Gasteiger partial charge in [-0.25, -0.2) is 0 Å². The van der Waals surface area contributed by atoms with E-state index in [2.05, 4.69) is 17.1 Å². The number of nitrogens with one attached hydrogen (secondary N) is 1. The zero-order chi connectivity index (χ0) is 12.8. The van der Waals surface area contributed by atoms with Crippen LogP contribution in [-0.4, -0.2) is 55.2 Å². The topological polar surface area (TPSA) is 67.6 Å². The van der Waals surface area contributed by atoms with Crippen molar-refractivity contribution >= 4 is 5.91 Å². The summed E-state index contributed by atoms with van der Waals surface area (Å²) >= 11 is 0. The van der Waals surface area contributed by atoms with Crippen molar-refractivity contribution in [1.29, 1.82) is 0 Å². The highest BCUT2D eigenvalue weighted by Gasteiger charge is 2.31. The standard InChI is InChI=1S/C12H25N3O2/c1-4-5-14-12(16)10(3)15-7-11(6-13)17-8-9(15)2/h9-11H,4-8,13H2,1-3H3,(H,14,16). The molecule has 3 N–H and O–H groups in total. The van der Waals surface area contributed by atoms with Crippen LogP contribution in [0.25, 0.3) is 0 Å². The predicted octanol–water partition coefficient (Wildman–Crippen LogP) is -0.0509. The van der Waals surface area contributed by atoms with E-state index in [1.54, 1.807) is 0 Å². The Kier molecular flexibility index (Phi) is 5.88. The van der Waals surface area contributed by atoms with Crippen molar-refractivity contribution in [2.75, 3.05) is 26.2 Å². The summed E-state index contributed by atoms with van der Waals surface area (Å²) < 4.78 is 5.58. The molecule has 100 valence electrons. The molecule has 0 aromatic rings. The highest BCUT2D eigenvalue weighted by atomic mass is 16.5. The van der Waals surface area contributed by atoms with Crippen LogP contribution in [-0.2, 0) is 9.53 Å². The van der Waals surface area contributed by atoms with Gasteiger partial charge in [-0.2, -0.15) is 0 Å². The largest absolute Gasteiger partial charge is 0.374 e. The minimum atomic E-state index is -0.116. The summed E-state index contributed by atoms with van der Waals surface area (Å²) in [5.74, 6) is 0.0939. The summed E-state index contributed by atoms with van der Waals surface area (Å²) in [6.45, 7) is 8.70. The maximum atomic E-state index is 11.9. The number of nitrogens with two attached hydrogens (primary N) is 1. The lowest BCUT2D eigenvalue weighted by atomic mass is 10.1. The number of carbonyl (C=O) groups excluding carboxylic acids is 1. The van der Waals surface area contributed by atoms with Gasteiger partial charge >= 0.3 is 0 Å². The Bertz CT molecular complexity index is 248. The molecule has 1 aliphatic heterocycles. The van der Waals surface area contributed by atoms with Crippen molar-refractivity contribution in [3.8, 4) is 0 Å². The van der Waals surface area contributed by atoms with Crippen LogP contribution in [0.3, 0.4) is 0 Å². The molecule has 1 rings (SSSR count). The van der Waals surface area contributed by atoms with Crippen molar-refractivity contribution in [3.05, 3.63) is 0 Å². The van der Waals surface area contributed by atoms with E-state index in [1.165, 1.54) is 0 Å². The molecule has 1 fully saturated rings. The van der Waals surface area contributed by atoms with Gasteiger partial charge in [0.15, 0.2) is 0 Å². The van der Waals surface area contributed by atoms with Gasteiger partial charge < -0.3 is 15.8 Å². The molecule has 0 bridgehead atoms. The van der Waals surface area contributed by atoms with Crippen molar-refractivity contribution in [2.45, 2.75) is 45.4 Å². The Labute approximate surface area is 104 Å². The van der Waals surface area contributed by atoms with Gasteiger partial charge in [-0.1, -0.05) is 6.92 Å². The minimum absolute atomic E-state index is 0.0487. The second-order valence-corrected chi connectivity index (χ2v) is 4.70. The van der Waals surface area contributed by atoms with Gasteiger partial charge in [-0.15, -0.1) is 0 Å². The molecular weight excluding hydrogens is 218 g/mol. The number of amides is 1. The fourth-order valence-electron chi connectivity index (χ4n) is 2.07. The molecule has 5 heteroatoms. The number of hydrogen-bond acceptors (Lipinski definition) is 4. The van der Waals surface area contributed by atoms with Gasteiger partial charge in [0.1, 0.15) is 0 Å². The molecule has 1 aliphatic rings. The van der Waals surface area contributed by atoms with Gasteiger partial charge in [0.25, 0.3) is 0 Å². The average Bonchev–Trinajstić information content (AvgIpc) is 2.35. The first-order valence-electron chi connectivity index (χ1n) is 6.45. The molecule has 0 aromatic heterocycles. The van der Waals surface area contributed by atoms with Crippen LogP contribution in [0.4, 0.5) is 0 Å². The quantitative estimate of drug-likeness (QED) is 0.710. The number of nitrogens with zero attached hydrogens (tertiary/aromatic N) is 1. The molecule has 17 heavy (non-hydrogen) atoms.